The number of hydrogen-bond donors (Lipinski definition) is 2. The van der Waals surface area contributed by atoms with Gasteiger partial charge in [0.25, 0.3) is 5.91 Å². The first-order chi connectivity index (χ1) is 11.3. The van der Waals surface area contributed by atoms with Crippen molar-refractivity contribution >= 4 is 17.7 Å². The van der Waals surface area contributed by atoms with Crippen molar-refractivity contribution in [1.82, 2.24) is 10.3 Å². The highest BCUT2D eigenvalue weighted by Crippen LogP contribution is 2.31. The van der Waals surface area contributed by atoms with Crippen LogP contribution in [0.15, 0.2) is 46.5 Å². The second kappa shape index (κ2) is 7.81. The predicted octanol–water partition coefficient (Wildman–Crippen LogP) is 3.74. The van der Waals surface area contributed by atoms with Gasteiger partial charge in [-0.3, -0.25) is 4.79 Å². The number of aliphatic hydroxyl groups is 1. The molecule has 1 heterocycles. The smallest absolute Gasteiger partial charge is 0.254 e. The largest absolute Gasteiger partial charge is 0.388 e. The van der Waals surface area contributed by atoms with Gasteiger partial charge in [0.05, 0.1) is 11.2 Å². The molecule has 1 aromatic heterocycles. The molecule has 0 spiro atoms. The molecule has 0 aliphatic rings. The van der Waals surface area contributed by atoms with Crippen molar-refractivity contribution in [2.24, 2.45) is 0 Å². The molecule has 0 radical (unpaired) electrons. The summed E-state index contributed by atoms with van der Waals surface area (Å²) in [5.74, 6) is -0.218. The maximum Gasteiger partial charge on any atom is 0.254 e. The molecule has 2 aromatic rings. The topological polar surface area (TPSA) is 62.2 Å². The Balaban J connectivity index is 2.19. The van der Waals surface area contributed by atoms with Crippen LogP contribution in [-0.4, -0.2) is 28.1 Å². The molecule has 4 nitrogen and oxygen atoms in total. The second-order valence-corrected chi connectivity index (χ2v) is 7.29. The van der Waals surface area contributed by atoms with Crippen LogP contribution in [0.4, 0.5) is 0 Å². The minimum Gasteiger partial charge on any atom is -0.388 e. The molecular weight excluding hydrogens is 320 g/mol. The number of carbonyl (C=O) groups is 1. The van der Waals surface area contributed by atoms with Gasteiger partial charge in [0, 0.05) is 17.6 Å². The first-order valence-electron chi connectivity index (χ1n) is 8.03. The highest BCUT2D eigenvalue weighted by Gasteiger charge is 2.20. The average molecular weight is 344 g/mol. The van der Waals surface area contributed by atoms with Crippen molar-refractivity contribution in [2.45, 2.75) is 49.6 Å². The molecule has 24 heavy (non-hydrogen) atoms. The monoisotopic (exact) mass is 344 g/mol. The Bertz CT molecular complexity index is 729. The van der Waals surface area contributed by atoms with Crippen LogP contribution in [0, 0.1) is 13.8 Å². The molecule has 128 valence electrons. The first kappa shape index (κ1) is 18.5. The third kappa shape index (κ3) is 4.82. The molecule has 2 rings (SSSR count). The summed E-state index contributed by atoms with van der Waals surface area (Å²) in [7, 11) is 0. The number of carbonyl (C=O) groups excluding carboxylic acids is 1. The molecule has 0 aliphatic heterocycles. The summed E-state index contributed by atoms with van der Waals surface area (Å²) >= 11 is 1.48. The van der Waals surface area contributed by atoms with E-state index >= 15 is 0 Å². The van der Waals surface area contributed by atoms with E-state index in [-0.39, 0.29) is 12.5 Å². The number of aromatic nitrogens is 1. The summed E-state index contributed by atoms with van der Waals surface area (Å²) in [6, 6.07) is 9.72. The van der Waals surface area contributed by atoms with Crippen LogP contribution in [0.5, 0.6) is 0 Å². The summed E-state index contributed by atoms with van der Waals surface area (Å²) in [4.78, 5) is 17.9. The molecule has 0 saturated carbocycles. The number of amides is 1. The molecule has 5 heteroatoms. The van der Waals surface area contributed by atoms with Gasteiger partial charge in [-0.15, -0.1) is 0 Å². The van der Waals surface area contributed by atoms with Crippen LogP contribution < -0.4 is 5.32 Å². The Hall–Kier alpha value is -1.85. The summed E-state index contributed by atoms with van der Waals surface area (Å²) < 4.78 is 0. The van der Waals surface area contributed by atoms with E-state index in [1.807, 2.05) is 13.0 Å². The molecule has 0 unspecified atom stereocenters. The van der Waals surface area contributed by atoms with Crippen molar-refractivity contribution in [2.75, 3.05) is 6.54 Å². The third-order valence-corrected chi connectivity index (χ3v) is 5.14. The van der Waals surface area contributed by atoms with Crippen molar-refractivity contribution in [3.63, 3.8) is 0 Å². The Morgan fingerprint density at radius 1 is 1.33 bits per heavy atom. The number of aryl methyl sites for hydroxylation is 2. The van der Waals surface area contributed by atoms with Crippen molar-refractivity contribution < 1.29 is 9.90 Å². The zero-order chi connectivity index (χ0) is 17.7. The third-order valence-electron chi connectivity index (χ3n) is 3.94. The number of pyridine rings is 1. The number of nitrogens with zero attached hydrogens (tertiary/aromatic N) is 1. The Morgan fingerprint density at radius 2 is 2.08 bits per heavy atom. The van der Waals surface area contributed by atoms with Gasteiger partial charge in [0.1, 0.15) is 5.03 Å². The van der Waals surface area contributed by atoms with Gasteiger partial charge in [-0.2, -0.15) is 0 Å². The quantitative estimate of drug-likeness (QED) is 0.838. The van der Waals surface area contributed by atoms with Crippen LogP contribution in [0.25, 0.3) is 0 Å². The molecule has 1 amide bonds. The fourth-order valence-corrected chi connectivity index (χ4v) is 3.10. The maximum atomic E-state index is 12.5. The Morgan fingerprint density at radius 3 is 2.75 bits per heavy atom. The van der Waals surface area contributed by atoms with E-state index in [1.165, 1.54) is 17.3 Å². The van der Waals surface area contributed by atoms with E-state index in [0.29, 0.717) is 17.0 Å². The lowest BCUT2D eigenvalue weighted by atomic mass is 10.0. The number of rotatable bonds is 6. The summed E-state index contributed by atoms with van der Waals surface area (Å²) in [6.45, 7) is 7.92. The van der Waals surface area contributed by atoms with Crippen LogP contribution in [0.1, 0.15) is 41.8 Å². The molecule has 0 aliphatic carbocycles. The fourth-order valence-electron chi connectivity index (χ4n) is 2.15. The van der Waals surface area contributed by atoms with Crippen LogP contribution >= 0.6 is 11.8 Å². The number of benzene rings is 1. The minimum absolute atomic E-state index is 0.213. The number of nitrogens with one attached hydrogen (secondary N) is 1. The highest BCUT2D eigenvalue weighted by atomic mass is 32.2. The minimum atomic E-state index is -0.904. The van der Waals surface area contributed by atoms with Gasteiger partial charge >= 0.3 is 0 Å². The van der Waals surface area contributed by atoms with Gasteiger partial charge in [0.2, 0.25) is 0 Å². The van der Waals surface area contributed by atoms with Crippen LogP contribution in [0.2, 0.25) is 0 Å². The van der Waals surface area contributed by atoms with Gasteiger partial charge in [-0.25, -0.2) is 4.98 Å². The zero-order valence-corrected chi connectivity index (χ0v) is 15.4. The second-order valence-electron chi connectivity index (χ2n) is 6.26. The molecule has 0 saturated heterocycles. The molecule has 2 N–H and O–H groups in total. The van der Waals surface area contributed by atoms with E-state index in [0.717, 1.165) is 10.5 Å². The van der Waals surface area contributed by atoms with E-state index < -0.39 is 5.60 Å². The van der Waals surface area contributed by atoms with E-state index in [4.69, 9.17) is 0 Å². The van der Waals surface area contributed by atoms with Crippen molar-refractivity contribution in [3.8, 4) is 0 Å². The highest BCUT2D eigenvalue weighted by molar-refractivity contribution is 7.99. The SMILES string of the molecule is CC[C@@](C)(O)CNC(=O)c1cccnc1Sc1ccc(C)cc1C. The van der Waals surface area contributed by atoms with E-state index in [1.54, 1.807) is 25.3 Å². The number of hydrogen-bond acceptors (Lipinski definition) is 4. The molecule has 0 bridgehead atoms. The van der Waals surface area contributed by atoms with Crippen LogP contribution in [-0.2, 0) is 0 Å². The van der Waals surface area contributed by atoms with Crippen molar-refractivity contribution in [3.05, 3.63) is 53.2 Å². The van der Waals surface area contributed by atoms with Gasteiger partial charge in [-0.1, -0.05) is 36.4 Å². The molecule has 1 atom stereocenters. The summed E-state index contributed by atoms with van der Waals surface area (Å²) in [5, 5.41) is 13.5. The lowest BCUT2D eigenvalue weighted by Crippen LogP contribution is -2.40. The Labute approximate surface area is 147 Å². The molecular formula is C19H24N2O2S. The van der Waals surface area contributed by atoms with Crippen LogP contribution in [0.3, 0.4) is 0 Å². The first-order valence-corrected chi connectivity index (χ1v) is 8.85. The fraction of sp³-hybridized carbons (Fsp3) is 0.368. The predicted molar refractivity (Wildman–Crippen MR) is 97.5 cm³/mol. The lowest BCUT2D eigenvalue weighted by molar-refractivity contribution is 0.0517. The standard InChI is InChI=1S/C19H24N2O2S/c1-5-19(4,23)12-21-17(22)15-7-6-10-20-18(15)24-16-9-8-13(2)11-14(16)3/h6-11,23H,5,12H2,1-4H3,(H,21,22)/t19-/m1/s1. The molecule has 0 fully saturated rings. The Kier molecular flexibility index (Phi) is 6.02. The lowest BCUT2D eigenvalue weighted by Gasteiger charge is -2.21. The normalized spacial score (nSPS) is 13.4. The van der Waals surface area contributed by atoms with Gasteiger partial charge in [0.15, 0.2) is 0 Å². The molecule has 1 aromatic carbocycles. The van der Waals surface area contributed by atoms with Gasteiger partial charge in [-0.05, 0) is 51.0 Å². The summed E-state index contributed by atoms with van der Waals surface area (Å²) in [5.41, 5.74) is 1.98. The zero-order valence-electron chi connectivity index (χ0n) is 14.6. The van der Waals surface area contributed by atoms with Gasteiger partial charge < -0.3 is 10.4 Å². The average Bonchev–Trinajstić information content (AvgIpc) is 2.56. The van der Waals surface area contributed by atoms with E-state index in [9.17, 15) is 9.90 Å². The van der Waals surface area contributed by atoms with Crippen molar-refractivity contribution in [1.29, 1.82) is 0 Å². The summed E-state index contributed by atoms with van der Waals surface area (Å²) in [6.07, 6.45) is 2.26. The maximum absolute atomic E-state index is 12.5. The van der Waals surface area contributed by atoms with E-state index in [2.05, 4.69) is 36.3 Å².